The minimum atomic E-state index is -0.0468. The molecule has 0 aliphatic rings. The van der Waals surface area contributed by atoms with Gasteiger partial charge in [-0.1, -0.05) is 11.6 Å². The molecular formula is C15H21BrClN5O. The normalized spacial score (nSPS) is 11.0. The predicted molar refractivity (Wildman–Crippen MR) is 93.7 cm³/mol. The third-order valence-electron chi connectivity index (χ3n) is 3.75. The second kappa shape index (κ2) is 7.49. The van der Waals surface area contributed by atoms with Gasteiger partial charge >= 0.3 is 0 Å². The van der Waals surface area contributed by atoms with Crippen LogP contribution in [0, 0.1) is 27.7 Å². The molecule has 0 fully saturated rings. The molecule has 2 heterocycles. The van der Waals surface area contributed by atoms with Crippen molar-refractivity contribution in [1.29, 1.82) is 0 Å². The maximum atomic E-state index is 12.0. The second-order valence-corrected chi connectivity index (χ2v) is 6.72. The van der Waals surface area contributed by atoms with Crippen LogP contribution in [0.25, 0.3) is 0 Å². The zero-order valence-corrected chi connectivity index (χ0v) is 16.1. The van der Waals surface area contributed by atoms with E-state index in [4.69, 9.17) is 11.6 Å². The number of carbonyl (C=O) groups excluding carboxylic acids is 1. The van der Waals surface area contributed by atoms with Gasteiger partial charge in [-0.25, -0.2) is 0 Å². The smallest absolute Gasteiger partial charge is 0.241 e. The van der Waals surface area contributed by atoms with Crippen LogP contribution >= 0.6 is 27.5 Å². The van der Waals surface area contributed by atoms with E-state index >= 15 is 0 Å². The summed E-state index contributed by atoms with van der Waals surface area (Å²) in [6.07, 6.45) is 0.796. The molecule has 126 valence electrons. The van der Waals surface area contributed by atoms with Crippen LogP contribution in [0.4, 0.5) is 0 Å². The molecule has 0 atom stereocenters. The van der Waals surface area contributed by atoms with Crippen molar-refractivity contribution in [2.24, 2.45) is 0 Å². The van der Waals surface area contributed by atoms with Crippen LogP contribution in [-0.2, 0) is 17.9 Å². The minimum absolute atomic E-state index is 0.0468. The quantitative estimate of drug-likeness (QED) is 0.756. The summed E-state index contributed by atoms with van der Waals surface area (Å²) in [6, 6.07) is 0. The monoisotopic (exact) mass is 401 g/mol. The minimum Gasteiger partial charge on any atom is -0.354 e. The van der Waals surface area contributed by atoms with Crippen molar-refractivity contribution < 1.29 is 4.79 Å². The molecule has 0 bridgehead atoms. The average Bonchev–Trinajstić information content (AvgIpc) is 2.89. The Labute approximate surface area is 149 Å². The number of hydrogen-bond donors (Lipinski definition) is 1. The lowest BCUT2D eigenvalue weighted by Crippen LogP contribution is -2.29. The van der Waals surface area contributed by atoms with Gasteiger partial charge in [0.05, 0.1) is 32.3 Å². The number of nitrogens with zero attached hydrogens (tertiary/aromatic N) is 4. The number of carbonyl (C=O) groups is 1. The van der Waals surface area contributed by atoms with Crippen LogP contribution in [0.5, 0.6) is 0 Å². The first-order valence-electron chi connectivity index (χ1n) is 7.47. The molecule has 0 unspecified atom stereocenters. The molecule has 0 radical (unpaired) electrons. The standard InChI is InChI=1S/C15H21BrClN5O/c1-9-14(16)11(3)22(19-9)8-13(23)18-6-5-7-21-12(4)15(17)10(2)20-21/h5-8H2,1-4H3,(H,18,23). The van der Waals surface area contributed by atoms with Crippen LogP contribution in [-0.4, -0.2) is 32.0 Å². The van der Waals surface area contributed by atoms with Crippen molar-refractivity contribution >= 4 is 33.4 Å². The van der Waals surface area contributed by atoms with Crippen molar-refractivity contribution in [1.82, 2.24) is 24.9 Å². The lowest BCUT2D eigenvalue weighted by atomic mass is 10.3. The van der Waals surface area contributed by atoms with Crippen LogP contribution in [0.1, 0.15) is 29.2 Å². The lowest BCUT2D eigenvalue weighted by Gasteiger charge is -2.08. The number of rotatable bonds is 6. The summed E-state index contributed by atoms with van der Waals surface area (Å²) in [5, 5.41) is 12.3. The number of aromatic nitrogens is 4. The molecule has 0 saturated heterocycles. The Balaban J connectivity index is 1.79. The highest BCUT2D eigenvalue weighted by molar-refractivity contribution is 9.10. The fraction of sp³-hybridized carbons (Fsp3) is 0.533. The van der Waals surface area contributed by atoms with Crippen molar-refractivity contribution in [2.75, 3.05) is 6.54 Å². The number of hydrogen-bond acceptors (Lipinski definition) is 3. The van der Waals surface area contributed by atoms with Gasteiger partial charge in [-0.15, -0.1) is 0 Å². The molecule has 2 aromatic heterocycles. The van der Waals surface area contributed by atoms with Crippen molar-refractivity contribution in [2.45, 2.75) is 47.2 Å². The van der Waals surface area contributed by atoms with Crippen molar-refractivity contribution in [3.8, 4) is 0 Å². The van der Waals surface area contributed by atoms with E-state index < -0.39 is 0 Å². The lowest BCUT2D eigenvalue weighted by molar-refractivity contribution is -0.121. The summed E-state index contributed by atoms with van der Waals surface area (Å²) in [6.45, 7) is 9.22. The van der Waals surface area contributed by atoms with Crippen molar-refractivity contribution in [3.63, 3.8) is 0 Å². The third-order valence-corrected chi connectivity index (χ3v) is 5.44. The molecule has 1 N–H and O–H groups in total. The van der Waals surface area contributed by atoms with Crippen LogP contribution < -0.4 is 5.32 Å². The number of nitrogens with one attached hydrogen (secondary N) is 1. The Morgan fingerprint density at radius 1 is 1.13 bits per heavy atom. The first-order valence-corrected chi connectivity index (χ1v) is 8.64. The molecule has 0 spiro atoms. The van der Waals surface area contributed by atoms with E-state index in [1.807, 2.05) is 32.4 Å². The molecule has 0 aliphatic carbocycles. The molecule has 0 aromatic carbocycles. The first kappa shape index (κ1) is 18.0. The summed E-state index contributed by atoms with van der Waals surface area (Å²) in [5.74, 6) is -0.0468. The highest BCUT2D eigenvalue weighted by Gasteiger charge is 2.12. The van der Waals surface area contributed by atoms with E-state index in [1.54, 1.807) is 4.68 Å². The van der Waals surface area contributed by atoms with Gasteiger partial charge in [0.2, 0.25) is 5.91 Å². The van der Waals surface area contributed by atoms with Gasteiger partial charge in [-0.05, 0) is 50.0 Å². The van der Waals surface area contributed by atoms with E-state index in [2.05, 4.69) is 31.4 Å². The molecule has 23 heavy (non-hydrogen) atoms. The fourth-order valence-corrected chi connectivity index (χ4v) is 2.79. The zero-order chi connectivity index (χ0) is 17.1. The SMILES string of the molecule is Cc1nn(CCCNC(=O)Cn2nc(C)c(Br)c2C)c(C)c1Cl. The van der Waals surface area contributed by atoms with E-state index in [9.17, 15) is 4.79 Å². The molecule has 1 amide bonds. The highest BCUT2D eigenvalue weighted by atomic mass is 79.9. The molecule has 6 nitrogen and oxygen atoms in total. The molecule has 0 aliphatic heterocycles. The highest BCUT2D eigenvalue weighted by Crippen LogP contribution is 2.20. The molecule has 8 heteroatoms. The summed E-state index contributed by atoms with van der Waals surface area (Å²) in [7, 11) is 0. The third kappa shape index (κ3) is 4.14. The number of halogens is 2. The van der Waals surface area contributed by atoms with Crippen LogP contribution in [0.2, 0.25) is 5.02 Å². The van der Waals surface area contributed by atoms with E-state index in [0.29, 0.717) is 11.6 Å². The van der Waals surface area contributed by atoms with Gasteiger partial charge < -0.3 is 5.32 Å². The summed E-state index contributed by atoms with van der Waals surface area (Å²) in [5.41, 5.74) is 3.64. The van der Waals surface area contributed by atoms with Crippen LogP contribution in [0.3, 0.4) is 0 Å². The molecular weight excluding hydrogens is 382 g/mol. The Morgan fingerprint density at radius 3 is 2.30 bits per heavy atom. The number of amides is 1. The number of aryl methyl sites for hydroxylation is 3. The van der Waals surface area contributed by atoms with E-state index in [1.165, 1.54) is 0 Å². The average molecular weight is 403 g/mol. The maximum absolute atomic E-state index is 12.0. The predicted octanol–water partition coefficient (Wildman–Crippen LogP) is 2.94. The van der Waals surface area contributed by atoms with E-state index in [-0.39, 0.29) is 12.5 Å². The Morgan fingerprint density at radius 2 is 1.78 bits per heavy atom. The summed E-state index contributed by atoms with van der Waals surface area (Å²) < 4.78 is 4.53. The van der Waals surface area contributed by atoms with Gasteiger partial charge in [0.15, 0.2) is 0 Å². The van der Waals surface area contributed by atoms with Gasteiger partial charge in [0, 0.05) is 13.1 Å². The first-order chi connectivity index (χ1) is 10.8. The summed E-state index contributed by atoms with van der Waals surface area (Å²) >= 11 is 9.57. The zero-order valence-electron chi connectivity index (χ0n) is 13.8. The molecule has 2 aromatic rings. The van der Waals surface area contributed by atoms with Crippen molar-refractivity contribution in [3.05, 3.63) is 32.3 Å². The van der Waals surface area contributed by atoms with Gasteiger partial charge in [-0.2, -0.15) is 10.2 Å². The van der Waals surface area contributed by atoms with Crippen LogP contribution in [0.15, 0.2) is 4.47 Å². The topological polar surface area (TPSA) is 64.7 Å². The van der Waals surface area contributed by atoms with Gasteiger partial charge in [-0.3, -0.25) is 14.2 Å². The van der Waals surface area contributed by atoms with E-state index in [0.717, 1.165) is 40.2 Å². The largest absolute Gasteiger partial charge is 0.354 e. The maximum Gasteiger partial charge on any atom is 0.241 e. The molecule has 2 rings (SSSR count). The molecule has 0 saturated carbocycles. The van der Waals surface area contributed by atoms with Gasteiger partial charge in [0.25, 0.3) is 0 Å². The Bertz CT molecular complexity index is 722. The van der Waals surface area contributed by atoms with Gasteiger partial charge in [0.1, 0.15) is 6.54 Å². The Hall–Kier alpha value is -1.34. The Kier molecular flexibility index (Phi) is 5.86. The fourth-order valence-electron chi connectivity index (χ4n) is 2.37. The summed E-state index contributed by atoms with van der Waals surface area (Å²) in [4.78, 5) is 12.0. The second-order valence-electron chi connectivity index (χ2n) is 5.55.